The fraction of sp³-hybridized carbons (Fsp3) is 0.429. The van der Waals surface area contributed by atoms with Crippen molar-refractivity contribution in [2.24, 2.45) is 11.5 Å². The molecule has 5 nitrogen and oxygen atoms in total. The van der Waals surface area contributed by atoms with Gasteiger partial charge in [0.2, 0.25) is 5.90 Å². The molecule has 1 amide bonds. The first kappa shape index (κ1) is 15.2. The molecular weight excluding hydrogens is 242 g/mol. The van der Waals surface area contributed by atoms with E-state index in [1.807, 2.05) is 26.0 Å². The Morgan fingerprint density at radius 1 is 1.47 bits per heavy atom. The largest absolute Gasteiger partial charge is 0.411 e. The lowest BCUT2D eigenvalue weighted by Gasteiger charge is -2.22. The second-order valence-corrected chi connectivity index (χ2v) is 4.58. The monoisotopic (exact) mass is 263 g/mol. The van der Waals surface area contributed by atoms with Crippen molar-refractivity contribution < 1.29 is 9.53 Å². The van der Waals surface area contributed by atoms with Crippen LogP contribution < -0.4 is 11.5 Å². The Kier molecular flexibility index (Phi) is 5.06. The van der Waals surface area contributed by atoms with Gasteiger partial charge in [0.05, 0.1) is 6.04 Å². The lowest BCUT2D eigenvalue weighted by Crippen LogP contribution is -2.39. The highest BCUT2D eigenvalue weighted by atomic mass is 16.6. The maximum absolute atomic E-state index is 10.6. The number of aryl methyl sites for hydroxylation is 1. The summed E-state index contributed by atoms with van der Waals surface area (Å²) >= 11 is 0. The summed E-state index contributed by atoms with van der Waals surface area (Å²) in [6.45, 7) is 6.04. The second-order valence-electron chi connectivity index (χ2n) is 4.58. The molecule has 104 valence electrons. The fourth-order valence-corrected chi connectivity index (χ4v) is 2.18. The lowest BCUT2D eigenvalue weighted by atomic mass is 9.88. The zero-order valence-corrected chi connectivity index (χ0v) is 11.6. The highest BCUT2D eigenvalue weighted by Gasteiger charge is 2.23. The van der Waals surface area contributed by atoms with Crippen LogP contribution in [-0.4, -0.2) is 18.0 Å². The minimum Gasteiger partial charge on any atom is -0.394 e. The first-order chi connectivity index (χ1) is 8.88. The molecule has 0 radical (unpaired) electrons. The van der Waals surface area contributed by atoms with E-state index in [0.29, 0.717) is 0 Å². The first-order valence-corrected chi connectivity index (χ1v) is 6.28. The Labute approximate surface area is 113 Å². The van der Waals surface area contributed by atoms with Gasteiger partial charge in [0, 0.05) is 5.92 Å². The summed E-state index contributed by atoms with van der Waals surface area (Å²) in [7, 11) is 0. The van der Waals surface area contributed by atoms with Crippen LogP contribution in [0.3, 0.4) is 0 Å². The van der Waals surface area contributed by atoms with Gasteiger partial charge in [-0.05, 0) is 30.0 Å². The molecule has 1 aromatic carbocycles. The second kappa shape index (κ2) is 6.33. The fourth-order valence-electron chi connectivity index (χ4n) is 2.18. The molecule has 2 atom stereocenters. The molecule has 1 rings (SSSR count). The Balaban J connectivity index is 2.97. The Hall–Kier alpha value is -1.88. The first-order valence-electron chi connectivity index (χ1n) is 6.28. The van der Waals surface area contributed by atoms with Gasteiger partial charge in [-0.3, -0.25) is 5.41 Å². The molecule has 19 heavy (non-hydrogen) atoms. The van der Waals surface area contributed by atoms with Crippen molar-refractivity contribution in [1.29, 1.82) is 5.41 Å². The number of benzene rings is 1. The Bertz CT molecular complexity index is 486. The van der Waals surface area contributed by atoms with Crippen molar-refractivity contribution in [3.05, 3.63) is 34.9 Å². The number of ether oxygens (including phenoxy) is 1. The third-order valence-electron chi connectivity index (χ3n) is 3.41. The predicted molar refractivity (Wildman–Crippen MR) is 75.3 cm³/mol. The third kappa shape index (κ3) is 3.54. The topological polar surface area (TPSA) is 102 Å². The van der Waals surface area contributed by atoms with Crippen LogP contribution in [0.1, 0.15) is 36.5 Å². The van der Waals surface area contributed by atoms with E-state index in [9.17, 15) is 4.79 Å². The van der Waals surface area contributed by atoms with Gasteiger partial charge in [-0.25, -0.2) is 4.79 Å². The molecule has 0 bridgehead atoms. The van der Waals surface area contributed by atoms with Crippen LogP contribution in [0.4, 0.5) is 4.79 Å². The summed E-state index contributed by atoms with van der Waals surface area (Å²) in [6, 6.07) is 5.33. The SMILES string of the molecule is CCc1cccc(C(C)C(N)C(=N)OC(N)=O)c1C. The van der Waals surface area contributed by atoms with E-state index >= 15 is 0 Å². The maximum Gasteiger partial charge on any atom is 0.411 e. The molecule has 0 heterocycles. The highest BCUT2D eigenvalue weighted by Crippen LogP contribution is 2.25. The molecule has 0 spiro atoms. The van der Waals surface area contributed by atoms with E-state index in [1.54, 1.807) is 0 Å². The normalized spacial score (nSPS) is 13.7. The summed E-state index contributed by atoms with van der Waals surface area (Å²) < 4.78 is 4.55. The molecule has 0 aliphatic rings. The molecule has 0 saturated carbocycles. The van der Waals surface area contributed by atoms with Crippen molar-refractivity contribution >= 4 is 12.0 Å². The van der Waals surface area contributed by atoms with Gasteiger partial charge in [-0.1, -0.05) is 32.0 Å². The van der Waals surface area contributed by atoms with Gasteiger partial charge in [0.15, 0.2) is 0 Å². The zero-order chi connectivity index (χ0) is 14.6. The molecule has 5 N–H and O–H groups in total. The molecule has 2 unspecified atom stereocenters. The van der Waals surface area contributed by atoms with Crippen molar-refractivity contribution in [1.82, 2.24) is 0 Å². The van der Waals surface area contributed by atoms with E-state index < -0.39 is 12.1 Å². The number of hydrogen-bond acceptors (Lipinski definition) is 4. The molecule has 0 fully saturated rings. The molecule has 0 aromatic heterocycles. The maximum atomic E-state index is 10.6. The smallest absolute Gasteiger partial charge is 0.394 e. The average molecular weight is 263 g/mol. The quantitative estimate of drug-likeness (QED) is 0.572. The number of nitrogens with two attached hydrogens (primary N) is 2. The van der Waals surface area contributed by atoms with Crippen molar-refractivity contribution in [3.63, 3.8) is 0 Å². The van der Waals surface area contributed by atoms with Crippen LogP contribution in [-0.2, 0) is 11.2 Å². The van der Waals surface area contributed by atoms with Crippen molar-refractivity contribution in [3.8, 4) is 0 Å². The van der Waals surface area contributed by atoms with Gasteiger partial charge >= 0.3 is 6.09 Å². The molecular formula is C14H21N3O2. The van der Waals surface area contributed by atoms with Crippen LogP contribution in [0, 0.1) is 12.3 Å². The summed E-state index contributed by atoms with van der Waals surface area (Å²) in [4.78, 5) is 10.6. The van der Waals surface area contributed by atoms with Crippen LogP contribution in [0.25, 0.3) is 0 Å². The number of carbonyl (C=O) groups excluding carboxylic acids is 1. The van der Waals surface area contributed by atoms with E-state index in [-0.39, 0.29) is 11.8 Å². The molecule has 0 aliphatic carbocycles. The molecule has 0 saturated heterocycles. The molecule has 0 aliphatic heterocycles. The van der Waals surface area contributed by atoms with Gasteiger partial charge < -0.3 is 16.2 Å². The standard InChI is InChI=1S/C14H21N3O2/c1-4-10-6-5-7-11(8(10)2)9(3)12(15)13(16)19-14(17)18/h5-7,9,12,16H,4,15H2,1-3H3,(H2,17,18). The Morgan fingerprint density at radius 2 is 2.11 bits per heavy atom. The van der Waals surface area contributed by atoms with Crippen molar-refractivity contribution in [2.75, 3.05) is 0 Å². The number of hydrogen-bond donors (Lipinski definition) is 3. The molecule has 5 heteroatoms. The molecule has 1 aromatic rings. The van der Waals surface area contributed by atoms with E-state index in [2.05, 4.69) is 17.7 Å². The van der Waals surface area contributed by atoms with Crippen LogP contribution in [0.2, 0.25) is 0 Å². The number of carbonyl (C=O) groups is 1. The number of nitrogens with one attached hydrogen (secondary N) is 1. The minimum atomic E-state index is -1.01. The van der Waals surface area contributed by atoms with E-state index in [4.69, 9.17) is 16.9 Å². The van der Waals surface area contributed by atoms with Gasteiger partial charge in [-0.2, -0.15) is 0 Å². The summed E-state index contributed by atoms with van der Waals surface area (Å²) in [5.41, 5.74) is 14.3. The van der Waals surface area contributed by atoms with Crippen LogP contribution in [0.15, 0.2) is 18.2 Å². The summed E-state index contributed by atoms with van der Waals surface area (Å²) in [5, 5.41) is 7.63. The van der Waals surface area contributed by atoms with E-state index in [0.717, 1.165) is 12.0 Å². The summed E-state index contributed by atoms with van der Waals surface area (Å²) in [5.74, 6) is -0.431. The van der Waals surface area contributed by atoms with Gasteiger partial charge in [0.1, 0.15) is 0 Å². The van der Waals surface area contributed by atoms with E-state index in [1.165, 1.54) is 11.1 Å². The number of rotatable bonds is 4. The third-order valence-corrected chi connectivity index (χ3v) is 3.41. The average Bonchev–Trinajstić information content (AvgIpc) is 2.36. The van der Waals surface area contributed by atoms with Crippen LogP contribution in [0.5, 0.6) is 0 Å². The van der Waals surface area contributed by atoms with Gasteiger partial charge in [-0.15, -0.1) is 0 Å². The zero-order valence-electron chi connectivity index (χ0n) is 11.6. The Morgan fingerprint density at radius 3 is 2.63 bits per heavy atom. The number of primary amides is 1. The predicted octanol–water partition coefficient (Wildman–Crippen LogP) is 2.06. The minimum absolute atomic E-state index is 0.127. The van der Waals surface area contributed by atoms with Crippen molar-refractivity contribution in [2.45, 2.75) is 39.2 Å². The summed E-state index contributed by atoms with van der Waals surface area (Å²) in [6.07, 6.45) is -0.0664. The number of amides is 1. The van der Waals surface area contributed by atoms with Crippen LogP contribution >= 0.6 is 0 Å². The highest BCUT2D eigenvalue weighted by molar-refractivity contribution is 5.89. The lowest BCUT2D eigenvalue weighted by molar-refractivity contribution is 0.204. The van der Waals surface area contributed by atoms with Gasteiger partial charge in [0.25, 0.3) is 0 Å².